The second-order valence-corrected chi connectivity index (χ2v) is 7.78. The monoisotopic (exact) mass is 480 g/mol. The molecule has 4 unspecified atom stereocenters. The van der Waals surface area contributed by atoms with Gasteiger partial charge in [-0.05, 0) is 18.4 Å². The van der Waals surface area contributed by atoms with Crippen molar-refractivity contribution in [1.82, 2.24) is 16.0 Å². The third kappa shape index (κ3) is 11.4. The Bertz CT molecular complexity index is 693. The molecular formula is C16H28N6O7S2. The van der Waals surface area contributed by atoms with Crippen LogP contribution in [0.4, 0.5) is 0 Å². The lowest BCUT2D eigenvalue weighted by Crippen LogP contribution is -2.58. The molecule has 0 fully saturated rings. The van der Waals surface area contributed by atoms with E-state index in [1.54, 1.807) is 6.26 Å². The first-order valence-electron chi connectivity index (χ1n) is 8.98. The fraction of sp³-hybridized carbons (Fsp3) is 0.625. The van der Waals surface area contributed by atoms with E-state index in [1.807, 2.05) is 5.32 Å². The van der Waals surface area contributed by atoms with Gasteiger partial charge in [0.25, 0.3) is 0 Å². The molecule has 0 rings (SSSR count). The molecule has 0 aliphatic heterocycles. The summed E-state index contributed by atoms with van der Waals surface area (Å²) in [6.45, 7) is 0. The van der Waals surface area contributed by atoms with Gasteiger partial charge in [-0.25, -0.2) is 4.79 Å². The minimum Gasteiger partial charge on any atom is -0.480 e. The van der Waals surface area contributed by atoms with Crippen LogP contribution in [0.2, 0.25) is 0 Å². The van der Waals surface area contributed by atoms with E-state index in [1.165, 1.54) is 11.8 Å². The molecule has 0 aliphatic carbocycles. The van der Waals surface area contributed by atoms with Crippen LogP contribution in [0.3, 0.4) is 0 Å². The fourth-order valence-electron chi connectivity index (χ4n) is 2.22. The van der Waals surface area contributed by atoms with Crippen LogP contribution in [-0.2, 0) is 28.8 Å². The highest BCUT2D eigenvalue weighted by atomic mass is 32.2. The summed E-state index contributed by atoms with van der Waals surface area (Å²) < 4.78 is 0. The van der Waals surface area contributed by atoms with E-state index in [0.29, 0.717) is 5.75 Å². The molecule has 0 saturated carbocycles. The minimum atomic E-state index is -1.67. The number of carboxylic acid groups (broad SMARTS) is 1. The van der Waals surface area contributed by atoms with Crippen LogP contribution >= 0.6 is 24.4 Å². The van der Waals surface area contributed by atoms with Gasteiger partial charge in [-0.15, -0.1) is 0 Å². The quantitative estimate of drug-likeness (QED) is 0.107. The third-order valence-electron chi connectivity index (χ3n) is 3.84. The van der Waals surface area contributed by atoms with Crippen LogP contribution in [0.25, 0.3) is 0 Å². The number of thioether (sulfide) groups is 1. The van der Waals surface area contributed by atoms with Crippen LogP contribution in [-0.4, -0.2) is 82.5 Å². The Morgan fingerprint density at radius 3 is 1.77 bits per heavy atom. The van der Waals surface area contributed by atoms with Crippen LogP contribution < -0.4 is 33.2 Å². The first-order chi connectivity index (χ1) is 14.4. The smallest absolute Gasteiger partial charge is 0.326 e. The van der Waals surface area contributed by atoms with Gasteiger partial charge < -0.3 is 38.3 Å². The Balaban J connectivity index is 5.45. The third-order valence-corrected chi connectivity index (χ3v) is 4.87. The van der Waals surface area contributed by atoms with Crippen molar-refractivity contribution in [2.24, 2.45) is 17.2 Å². The summed E-state index contributed by atoms with van der Waals surface area (Å²) in [6, 6.07) is -5.28. The Morgan fingerprint density at radius 1 is 0.871 bits per heavy atom. The van der Waals surface area contributed by atoms with Crippen molar-refractivity contribution in [3.05, 3.63) is 0 Å². The van der Waals surface area contributed by atoms with Crippen molar-refractivity contribution in [2.45, 2.75) is 43.4 Å². The molecule has 0 aromatic heterocycles. The number of nitrogens with two attached hydrogens (primary N) is 3. The standard InChI is InChI=1S/C16H28N6O7S2/c1-31-3-2-8(20-13(25)7(17)6-30)14(26)21-9(4-11(18)23)15(27)22-10(16(28)29)5-12(19)24/h7-10,30H,2-6,17H2,1H3,(H2,18,23)(H2,19,24)(H,20,25)(H,21,26)(H,22,27)(H,28,29). The highest BCUT2D eigenvalue weighted by Gasteiger charge is 2.31. The molecule has 15 heteroatoms. The second kappa shape index (κ2) is 14.5. The number of hydrogen-bond donors (Lipinski definition) is 8. The summed E-state index contributed by atoms with van der Waals surface area (Å²) in [7, 11) is 0. The highest BCUT2D eigenvalue weighted by Crippen LogP contribution is 2.04. The lowest BCUT2D eigenvalue weighted by Gasteiger charge is -2.24. The van der Waals surface area contributed by atoms with Gasteiger partial charge in [0, 0.05) is 5.75 Å². The number of primary amides is 2. The summed E-state index contributed by atoms with van der Waals surface area (Å²) in [4.78, 5) is 70.7. The average molecular weight is 481 g/mol. The molecule has 0 heterocycles. The van der Waals surface area contributed by atoms with E-state index in [2.05, 4.69) is 23.3 Å². The van der Waals surface area contributed by atoms with Gasteiger partial charge in [-0.3, -0.25) is 24.0 Å². The summed E-state index contributed by atoms with van der Waals surface area (Å²) in [5.41, 5.74) is 15.7. The Morgan fingerprint density at radius 2 is 1.32 bits per heavy atom. The molecule has 0 saturated heterocycles. The number of amides is 5. The molecule has 176 valence electrons. The Hall–Kier alpha value is -2.52. The zero-order chi connectivity index (χ0) is 24.1. The van der Waals surface area contributed by atoms with Crippen molar-refractivity contribution in [1.29, 1.82) is 0 Å². The molecule has 10 N–H and O–H groups in total. The van der Waals surface area contributed by atoms with Crippen LogP contribution in [0, 0.1) is 0 Å². The molecule has 5 amide bonds. The summed E-state index contributed by atoms with van der Waals surface area (Å²) in [6.07, 6.45) is 0.610. The Labute approximate surface area is 188 Å². The van der Waals surface area contributed by atoms with E-state index in [-0.39, 0.29) is 12.2 Å². The molecule has 31 heavy (non-hydrogen) atoms. The molecule has 0 radical (unpaired) electrons. The zero-order valence-corrected chi connectivity index (χ0v) is 18.5. The molecular weight excluding hydrogens is 452 g/mol. The number of hydrogen-bond acceptors (Lipinski definition) is 9. The average Bonchev–Trinajstić information content (AvgIpc) is 2.68. The number of carbonyl (C=O) groups is 6. The van der Waals surface area contributed by atoms with Crippen molar-refractivity contribution in [3.63, 3.8) is 0 Å². The molecule has 0 aromatic rings. The number of rotatable bonds is 15. The molecule has 4 atom stereocenters. The van der Waals surface area contributed by atoms with Crippen molar-refractivity contribution in [2.75, 3.05) is 17.8 Å². The highest BCUT2D eigenvalue weighted by molar-refractivity contribution is 7.98. The van der Waals surface area contributed by atoms with Gasteiger partial charge in [-0.2, -0.15) is 24.4 Å². The van der Waals surface area contributed by atoms with Crippen LogP contribution in [0.5, 0.6) is 0 Å². The van der Waals surface area contributed by atoms with E-state index in [9.17, 15) is 28.8 Å². The van der Waals surface area contributed by atoms with E-state index in [0.717, 1.165) is 0 Å². The normalized spacial score (nSPS) is 14.4. The van der Waals surface area contributed by atoms with E-state index < -0.39 is 72.5 Å². The summed E-state index contributed by atoms with van der Waals surface area (Å²) in [5.74, 6) is -5.48. The minimum absolute atomic E-state index is 0.0336. The number of aliphatic carboxylic acids is 1. The molecule has 0 spiro atoms. The second-order valence-electron chi connectivity index (χ2n) is 6.43. The topological polar surface area (TPSA) is 237 Å². The van der Waals surface area contributed by atoms with Gasteiger partial charge in [0.2, 0.25) is 29.5 Å². The van der Waals surface area contributed by atoms with Crippen molar-refractivity contribution < 1.29 is 33.9 Å². The first kappa shape index (κ1) is 28.5. The molecule has 13 nitrogen and oxygen atoms in total. The predicted octanol–water partition coefficient (Wildman–Crippen LogP) is -3.71. The molecule has 0 bridgehead atoms. The SMILES string of the molecule is CSCCC(NC(=O)C(N)CS)C(=O)NC(CC(N)=O)C(=O)NC(CC(N)=O)C(=O)O. The summed E-state index contributed by atoms with van der Waals surface area (Å²) >= 11 is 5.32. The maximum atomic E-state index is 12.7. The van der Waals surface area contributed by atoms with Gasteiger partial charge >= 0.3 is 5.97 Å². The largest absolute Gasteiger partial charge is 0.480 e. The van der Waals surface area contributed by atoms with E-state index in [4.69, 9.17) is 22.3 Å². The fourth-order valence-corrected chi connectivity index (χ4v) is 2.86. The maximum Gasteiger partial charge on any atom is 0.326 e. The Kier molecular flexibility index (Phi) is 13.3. The number of carboxylic acids is 1. The number of thiol groups is 1. The predicted molar refractivity (Wildman–Crippen MR) is 116 cm³/mol. The summed E-state index contributed by atoms with van der Waals surface area (Å²) in [5, 5.41) is 15.8. The van der Waals surface area contributed by atoms with Gasteiger partial charge in [0.05, 0.1) is 18.9 Å². The van der Waals surface area contributed by atoms with Crippen molar-refractivity contribution in [3.8, 4) is 0 Å². The molecule has 0 aromatic carbocycles. The number of carbonyl (C=O) groups excluding carboxylic acids is 5. The van der Waals surface area contributed by atoms with Gasteiger partial charge in [0.1, 0.15) is 18.1 Å². The van der Waals surface area contributed by atoms with Crippen LogP contribution in [0.1, 0.15) is 19.3 Å². The van der Waals surface area contributed by atoms with Gasteiger partial charge in [-0.1, -0.05) is 0 Å². The maximum absolute atomic E-state index is 12.7. The van der Waals surface area contributed by atoms with Crippen molar-refractivity contribution >= 4 is 59.9 Å². The lowest BCUT2D eigenvalue weighted by atomic mass is 10.1. The molecule has 0 aliphatic rings. The zero-order valence-electron chi connectivity index (χ0n) is 16.8. The first-order valence-corrected chi connectivity index (χ1v) is 11.0. The number of nitrogens with one attached hydrogen (secondary N) is 3. The lowest BCUT2D eigenvalue weighted by molar-refractivity contribution is -0.144. The van der Waals surface area contributed by atoms with Gasteiger partial charge in [0.15, 0.2) is 0 Å². The van der Waals surface area contributed by atoms with Crippen LogP contribution in [0.15, 0.2) is 0 Å². The van der Waals surface area contributed by atoms with E-state index >= 15 is 0 Å².